The van der Waals surface area contributed by atoms with Gasteiger partial charge in [0.2, 0.25) is 5.91 Å². The molecule has 3 heterocycles. The molecule has 224 valence electrons. The fourth-order valence-corrected chi connectivity index (χ4v) is 8.37. The maximum atomic E-state index is 14.1. The Morgan fingerprint density at radius 2 is 1.68 bits per heavy atom. The molecule has 0 radical (unpaired) electrons. The number of thioether (sulfide) groups is 2. The topological polar surface area (TPSA) is 122 Å². The molecule has 1 saturated heterocycles. The molecule has 2 aliphatic heterocycles. The highest BCUT2D eigenvalue weighted by molar-refractivity contribution is 8.01. The van der Waals surface area contributed by atoms with E-state index in [2.05, 4.69) is 15.5 Å². The molecule has 2 aliphatic rings. The molecule has 2 amide bonds. The molecule has 2 atom stereocenters. The van der Waals surface area contributed by atoms with Gasteiger partial charge in [0.25, 0.3) is 5.91 Å². The van der Waals surface area contributed by atoms with Gasteiger partial charge in [-0.1, -0.05) is 102 Å². The monoisotopic (exact) mass is 644 g/mol. The van der Waals surface area contributed by atoms with Crippen LogP contribution in [0, 0.1) is 6.92 Å². The van der Waals surface area contributed by atoms with E-state index in [1.165, 1.54) is 45.8 Å². The Bertz CT molecular complexity index is 1670. The number of hydrogen-bond acceptors (Lipinski definition) is 10. The van der Waals surface area contributed by atoms with Crippen molar-refractivity contribution in [1.29, 1.82) is 0 Å². The van der Waals surface area contributed by atoms with Gasteiger partial charge in [-0.05, 0) is 29.7 Å². The van der Waals surface area contributed by atoms with Gasteiger partial charge in [-0.2, -0.15) is 0 Å². The lowest BCUT2D eigenvalue weighted by molar-refractivity contribution is -0.154. The number of carbonyl (C=O) groups excluding carboxylic acids is 3. The number of carbonyl (C=O) groups is 3. The largest absolute Gasteiger partial charge is 0.508 e. The highest BCUT2D eigenvalue weighted by Gasteiger charge is 2.54. The molecule has 6 rings (SSSR count). The van der Waals surface area contributed by atoms with Crippen LogP contribution in [-0.2, 0) is 25.5 Å². The van der Waals surface area contributed by atoms with Gasteiger partial charge in [-0.15, -0.1) is 22.0 Å². The normalized spacial score (nSPS) is 17.7. The third-order valence-corrected chi connectivity index (χ3v) is 10.6. The van der Waals surface area contributed by atoms with Crippen molar-refractivity contribution >= 4 is 52.6 Å². The average Bonchev–Trinajstić information content (AvgIpc) is 3.47. The molecule has 0 spiro atoms. The summed E-state index contributed by atoms with van der Waals surface area (Å²) < 4.78 is 6.98. The first-order valence-corrected chi connectivity index (χ1v) is 16.7. The van der Waals surface area contributed by atoms with Crippen molar-refractivity contribution in [2.24, 2.45) is 0 Å². The standard InChI is InChI=1S/C32H28N4O5S3/c1-19-34-35-32(44-19)43-18-23-17-42-30-26(33-25(38)16-22-14-8-9-15-24(22)37)29(39)36(30)27(23)31(40)41-28(20-10-4-2-5-11-20)21-12-6-3-7-13-21/h2-15,26,28,30,37H,16-18H2,1H3,(H,33,38)/t26-,30-/m1/s1. The number of phenols is 1. The summed E-state index contributed by atoms with van der Waals surface area (Å²) in [4.78, 5) is 42.0. The molecule has 0 unspecified atom stereocenters. The number of fused-ring (bicyclic) bond motifs is 1. The van der Waals surface area contributed by atoms with Gasteiger partial charge in [-0.25, -0.2) is 4.79 Å². The van der Waals surface area contributed by atoms with Crippen molar-refractivity contribution in [3.05, 3.63) is 118 Å². The van der Waals surface area contributed by atoms with E-state index in [1.54, 1.807) is 18.2 Å². The van der Waals surface area contributed by atoms with Gasteiger partial charge in [-0.3, -0.25) is 14.5 Å². The van der Waals surface area contributed by atoms with E-state index in [4.69, 9.17) is 4.74 Å². The van der Waals surface area contributed by atoms with Gasteiger partial charge in [0.15, 0.2) is 10.4 Å². The van der Waals surface area contributed by atoms with Crippen LogP contribution in [0.25, 0.3) is 0 Å². The molecule has 9 nitrogen and oxygen atoms in total. The van der Waals surface area contributed by atoms with E-state index in [1.807, 2.05) is 67.6 Å². The summed E-state index contributed by atoms with van der Waals surface area (Å²) in [6.45, 7) is 1.88. The summed E-state index contributed by atoms with van der Waals surface area (Å²) in [6, 6.07) is 24.7. The molecule has 44 heavy (non-hydrogen) atoms. The minimum Gasteiger partial charge on any atom is -0.508 e. The van der Waals surface area contributed by atoms with Crippen LogP contribution in [0.2, 0.25) is 0 Å². The van der Waals surface area contributed by atoms with Crippen molar-refractivity contribution in [2.75, 3.05) is 11.5 Å². The Morgan fingerprint density at radius 1 is 1.02 bits per heavy atom. The molecule has 1 fully saturated rings. The van der Waals surface area contributed by atoms with Gasteiger partial charge in [0.1, 0.15) is 27.9 Å². The van der Waals surface area contributed by atoms with Crippen LogP contribution in [0.4, 0.5) is 0 Å². The van der Waals surface area contributed by atoms with E-state index in [0.717, 1.165) is 26.0 Å². The van der Waals surface area contributed by atoms with Crippen LogP contribution in [0.15, 0.2) is 101 Å². The van der Waals surface area contributed by atoms with Crippen LogP contribution in [0.5, 0.6) is 5.75 Å². The third kappa shape index (κ3) is 6.37. The molecular formula is C32H28N4O5S3. The number of amides is 2. The summed E-state index contributed by atoms with van der Waals surface area (Å²) in [6.07, 6.45) is -0.757. The Balaban J connectivity index is 1.26. The predicted molar refractivity (Wildman–Crippen MR) is 170 cm³/mol. The number of rotatable bonds is 10. The van der Waals surface area contributed by atoms with Crippen LogP contribution in [-0.4, -0.2) is 60.9 Å². The highest BCUT2D eigenvalue weighted by atomic mass is 32.2. The first kappa shape index (κ1) is 29.9. The van der Waals surface area contributed by atoms with Crippen molar-refractivity contribution in [3.8, 4) is 5.75 Å². The minimum atomic E-state index is -0.805. The second kappa shape index (κ2) is 13.2. The van der Waals surface area contributed by atoms with Gasteiger partial charge < -0.3 is 15.2 Å². The number of aromatic hydroxyl groups is 1. The van der Waals surface area contributed by atoms with Crippen LogP contribution < -0.4 is 5.32 Å². The SMILES string of the molecule is Cc1nnc(SCC2=C(C(=O)OC(c3ccccc3)c3ccccc3)N3C(=O)[C@@H](NC(=O)Cc4ccccc4O)[C@H]3SC2)s1. The number of hydrogen-bond donors (Lipinski definition) is 2. The van der Waals surface area contributed by atoms with E-state index in [0.29, 0.717) is 17.1 Å². The fourth-order valence-electron chi connectivity index (χ4n) is 5.07. The zero-order valence-electron chi connectivity index (χ0n) is 23.6. The van der Waals surface area contributed by atoms with Crippen LogP contribution in [0.3, 0.4) is 0 Å². The molecule has 4 aromatic rings. The smallest absolute Gasteiger partial charge is 0.356 e. The number of ether oxygens (including phenoxy) is 1. The summed E-state index contributed by atoms with van der Waals surface area (Å²) in [5.41, 5.74) is 3.03. The number of β-lactam (4-membered cyclic amide) rings is 1. The second-order valence-corrected chi connectivity index (χ2v) is 13.7. The molecular weight excluding hydrogens is 617 g/mol. The molecule has 1 aromatic heterocycles. The van der Waals surface area contributed by atoms with E-state index in [9.17, 15) is 19.5 Å². The first-order chi connectivity index (χ1) is 21.4. The first-order valence-electron chi connectivity index (χ1n) is 13.9. The zero-order chi connectivity index (χ0) is 30.6. The van der Waals surface area contributed by atoms with E-state index >= 15 is 0 Å². The number of benzene rings is 3. The highest BCUT2D eigenvalue weighted by Crippen LogP contribution is 2.43. The van der Waals surface area contributed by atoms with Crippen molar-refractivity contribution in [1.82, 2.24) is 20.4 Å². The van der Waals surface area contributed by atoms with Gasteiger partial charge in [0.05, 0.1) is 6.42 Å². The van der Waals surface area contributed by atoms with Crippen LogP contribution in [0.1, 0.15) is 27.8 Å². The molecule has 12 heteroatoms. The molecule has 2 N–H and O–H groups in total. The molecule has 3 aromatic carbocycles. The van der Waals surface area contributed by atoms with Crippen molar-refractivity contribution in [3.63, 3.8) is 0 Å². The van der Waals surface area contributed by atoms with Gasteiger partial charge >= 0.3 is 5.97 Å². The lowest BCUT2D eigenvalue weighted by Crippen LogP contribution is -2.70. The van der Waals surface area contributed by atoms with Crippen molar-refractivity contribution in [2.45, 2.75) is 35.2 Å². The maximum Gasteiger partial charge on any atom is 0.356 e. The second-order valence-electron chi connectivity index (χ2n) is 10.2. The fraction of sp³-hybridized carbons (Fsp3) is 0.219. The molecule has 0 aliphatic carbocycles. The average molecular weight is 645 g/mol. The summed E-state index contributed by atoms with van der Waals surface area (Å²) in [7, 11) is 0. The number of phenolic OH excluding ortho intramolecular Hbond substituents is 1. The number of nitrogens with one attached hydrogen (secondary N) is 1. The Hall–Kier alpha value is -4.13. The summed E-state index contributed by atoms with van der Waals surface area (Å²) >= 11 is 4.41. The lowest BCUT2D eigenvalue weighted by Gasteiger charge is -2.49. The summed E-state index contributed by atoms with van der Waals surface area (Å²) in [5.74, 6) is -0.470. The number of nitrogens with zero attached hydrogens (tertiary/aromatic N) is 3. The number of esters is 1. The Labute approximate surface area is 266 Å². The maximum absolute atomic E-state index is 14.1. The van der Waals surface area contributed by atoms with Crippen molar-refractivity contribution < 1.29 is 24.2 Å². The lowest BCUT2D eigenvalue weighted by atomic mass is 10.0. The van der Waals surface area contributed by atoms with Crippen LogP contribution >= 0.6 is 34.9 Å². The Morgan fingerprint density at radius 3 is 2.32 bits per heavy atom. The van der Waals surface area contributed by atoms with E-state index in [-0.39, 0.29) is 29.7 Å². The quantitative estimate of drug-likeness (QED) is 0.141. The number of aromatic nitrogens is 2. The molecule has 0 saturated carbocycles. The zero-order valence-corrected chi connectivity index (χ0v) is 26.0. The molecule has 0 bridgehead atoms. The Kier molecular flexibility index (Phi) is 9.01. The third-order valence-electron chi connectivity index (χ3n) is 7.21. The minimum absolute atomic E-state index is 0.0170. The predicted octanol–water partition coefficient (Wildman–Crippen LogP) is 4.87. The summed E-state index contributed by atoms with van der Waals surface area (Å²) in [5, 5.41) is 21.5. The van der Waals surface area contributed by atoms with E-state index < -0.39 is 23.5 Å². The number of aryl methyl sites for hydroxylation is 1. The number of para-hydroxylation sites is 1. The van der Waals surface area contributed by atoms with Gasteiger partial charge in [0, 0.05) is 17.1 Å².